The fourth-order valence-corrected chi connectivity index (χ4v) is 1.77. The number of likely N-dealkylation sites (tertiary alicyclic amines) is 1. The van der Waals surface area contributed by atoms with Gasteiger partial charge in [-0.1, -0.05) is 6.08 Å². The van der Waals surface area contributed by atoms with Crippen molar-refractivity contribution in [3.05, 3.63) is 18.2 Å². The predicted octanol–water partition coefficient (Wildman–Crippen LogP) is -0.0336. The zero-order valence-corrected chi connectivity index (χ0v) is 10.7. The van der Waals surface area contributed by atoms with Gasteiger partial charge in [-0.2, -0.15) is 4.79 Å². The molecule has 19 heavy (non-hydrogen) atoms. The van der Waals surface area contributed by atoms with Gasteiger partial charge < -0.3 is 10.3 Å². The lowest BCUT2D eigenvalue weighted by molar-refractivity contribution is -0.155. The van der Waals surface area contributed by atoms with Crippen LogP contribution in [0, 0.1) is 0 Å². The van der Waals surface area contributed by atoms with Crippen LogP contribution in [0.4, 0.5) is 0 Å². The summed E-state index contributed by atoms with van der Waals surface area (Å²) < 4.78 is 5.25. The molecule has 1 atom stereocenters. The summed E-state index contributed by atoms with van der Waals surface area (Å²) in [7, 11) is 0. The minimum absolute atomic E-state index is 0.178. The van der Waals surface area contributed by atoms with Gasteiger partial charge in [-0.25, -0.2) is 0 Å². The molecule has 1 heterocycles. The molecule has 2 amide bonds. The van der Waals surface area contributed by atoms with Crippen LogP contribution < -0.4 is 0 Å². The average Bonchev–Trinajstić information content (AvgIpc) is 2.37. The number of Topliss-reactive ketones (excluding diaryl/α,β-unsaturated/α-hetero) is 1. The summed E-state index contributed by atoms with van der Waals surface area (Å²) in [5, 5.41) is 0. The highest BCUT2D eigenvalue weighted by atomic mass is 16.5. The average molecular weight is 265 g/mol. The first-order chi connectivity index (χ1) is 9.02. The molecule has 1 saturated heterocycles. The Kier molecular flexibility index (Phi) is 5.29. The first-order valence-electron chi connectivity index (χ1n) is 5.84. The molecule has 0 aliphatic carbocycles. The number of ether oxygens (including phenoxy) is 1. The standard InChI is InChI=1S/C12H15N3O4/c1-3-7-19-9-5-4-6-15(11(9)17)12(18)10(14-13)8(2)16/h3,9H,1,4-7H2,2H3. The molecule has 1 aliphatic rings. The van der Waals surface area contributed by atoms with Crippen LogP contribution in [0.1, 0.15) is 19.8 Å². The van der Waals surface area contributed by atoms with Crippen molar-refractivity contribution in [2.24, 2.45) is 0 Å². The Hall–Kier alpha value is -2.11. The third kappa shape index (κ3) is 3.43. The molecule has 1 fully saturated rings. The Labute approximate surface area is 110 Å². The Morgan fingerprint density at radius 2 is 2.32 bits per heavy atom. The quantitative estimate of drug-likeness (QED) is 0.229. The number of hydrogen-bond acceptors (Lipinski definition) is 4. The zero-order chi connectivity index (χ0) is 14.4. The van der Waals surface area contributed by atoms with Crippen molar-refractivity contribution in [2.75, 3.05) is 13.2 Å². The number of rotatable bonds is 5. The molecule has 0 saturated carbocycles. The topological polar surface area (TPSA) is 100 Å². The summed E-state index contributed by atoms with van der Waals surface area (Å²) in [5.74, 6) is -2.12. The summed E-state index contributed by atoms with van der Waals surface area (Å²) in [6.45, 7) is 4.94. The van der Waals surface area contributed by atoms with E-state index < -0.39 is 29.4 Å². The van der Waals surface area contributed by atoms with Crippen LogP contribution in [0.15, 0.2) is 12.7 Å². The number of ketones is 1. The lowest BCUT2D eigenvalue weighted by Gasteiger charge is -2.29. The molecule has 0 aromatic carbocycles. The van der Waals surface area contributed by atoms with Gasteiger partial charge in [0.25, 0.3) is 5.91 Å². The van der Waals surface area contributed by atoms with Crippen molar-refractivity contribution < 1.29 is 23.9 Å². The van der Waals surface area contributed by atoms with Crippen LogP contribution >= 0.6 is 0 Å². The fraction of sp³-hybridized carbons (Fsp3) is 0.500. The molecule has 7 nitrogen and oxygen atoms in total. The summed E-state index contributed by atoms with van der Waals surface area (Å²) in [6.07, 6.45) is 1.84. The van der Waals surface area contributed by atoms with E-state index in [2.05, 4.69) is 11.4 Å². The first-order valence-corrected chi connectivity index (χ1v) is 5.84. The molecule has 102 valence electrons. The molecule has 0 bridgehead atoms. The maximum Gasteiger partial charge on any atom is 0.421 e. The molecule has 0 N–H and O–H groups in total. The second-order valence-corrected chi connectivity index (χ2v) is 4.05. The van der Waals surface area contributed by atoms with Crippen LogP contribution in [-0.4, -0.2) is 52.3 Å². The molecule has 1 unspecified atom stereocenters. The second-order valence-electron chi connectivity index (χ2n) is 4.05. The van der Waals surface area contributed by atoms with Gasteiger partial charge in [0.2, 0.25) is 5.78 Å². The zero-order valence-electron chi connectivity index (χ0n) is 10.7. The number of piperidine rings is 1. The monoisotopic (exact) mass is 265 g/mol. The highest BCUT2D eigenvalue weighted by Gasteiger charge is 2.39. The summed E-state index contributed by atoms with van der Waals surface area (Å²) >= 11 is 0. The number of nitrogens with zero attached hydrogens (tertiary/aromatic N) is 3. The van der Waals surface area contributed by atoms with Gasteiger partial charge in [-0.3, -0.25) is 19.3 Å². The molecular weight excluding hydrogens is 250 g/mol. The lowest BCUT2D eigenvalue weighted by Crippen LogP contribution is -2.51. The Morgan fingerprint density at radius 1 is 1.63 bits per heavy atom. The van der Waals surface area contributed by atoms with Crippen LogP contribution in [0.2, 0.25) is 0 Å². The van der Waals surface area contributed by atoms with Crippen LogP contribution in [0.5, 0.6) is 0 Å². The van der Waals surface area contributed by atoms with Gasteiger partial charge in [-0.15, -0.1) is 6.58 Å². The SMILES string of the molecule is C=CCOC1CCCN(C(=O)C(=[N+]=[N-])C(C)=O)C1=O. The number of hydrogen-bond donors (Lipinski definition) is 0. The fourth-order valence-electron chi connectivity index (χ4n) is 1.77. The van der Waals surface area contributed by atoms with Crippen molar-refractivity contribution >= 4 is 23.3 Å². The normalized spacial score (nSPS) is 18.7. The number of imide groups is 1. The lowest BCUT2D eigenvalue weighted by atomic mass is 10.1. The van der Waals surface area contributed by atoms with E-state index in [1.807, 2.05) is 0 Å². The van der Waals surface area contributed by atoms with E-state index in [0.29, 0.717) is 12.8 Å². The van der Waals surface area contributed by atoms with Crippen molar-refractivity contribution in [3.63, 3.8) is 0 Å². The molecule has 1 aliphatic heterocycles. The van der Waals surface area contributed by atoms with Gasteiger partial charge >= 0.3 is 11.6 Å². The van der Waals surface area contributed by atoms with Crippen molar-refractivity contribution in [2.45, 2.75) is 25.9 Å². The largest absolute Gasteiger partial charge is 0.421 e. The molecule has 1 rings (SSSR count). The van der Waals surface area contributed by atoms with Gasteiger partial charge in [0.15, 0.2) is 0 Å². The minimum atomic E-state index is -0.896. The predicted molar refractivity (Wildman–Crippen MR) is 65.2 cm³/mol. The number of amides is 2. The molecule has 0 aromatic heterocycles. The first kappa shape index (κ1) is 14.9. The van der Waals surface area contributed by atoms with Crippen molar-refractivity contribution in [1.29, 1.82) is 0 Å². The smallest absolute Gasteiger partial charge is 0.364 e. The van der Waals surface area contributed by atoms with Gasteiger partial charge in [0.1, 0.15) is 6.10 Å². The van der Waals surface area contributed by atoms with E-state index in [9.17, 15) is 14.4 Å². The van der Waals surface area contributed by atoms with E-state index in [-0.39, 0.29) is 13.2 Å². The third-order valence-electron chi connectivity index (χ3n) is 2.69. The van der Waals surface area contributed by atoms with E-state index >= 15 is 0 Å². The van der Waals surface area contributed by atoms with E-state index in [1.165, 1.54) is 6.08 Å². The highest BCUT2D eigenvalue weighted by molar-refractivity contribution is 6.64. The maximum atomic E-state index is 12.0. The molecule has 0 radical (unpaired) electrons. The van der Waals surface area contributed by atoms with Crippen LogP contribution in [-0.2, 0) is 19.1 Å². The van der Waals surface area contributed by atoms with Gasteiger partial charge in [0.05, 0.1) is 6.61 Å². The van der Waals surface area contributed by atoms with Crippen molar-refractivity contribution in [3.8, 4) is 0 Å². The third-order valence-corrected chi connectivity index (χ3v) is 2.69. The Morgan fingerprint density at radius 3 is 2.84 bits per heavy atom. The number of carbonyl (C=O) groups is 3. The van der Waals surface area contributed by atoms with Crippen LogP contribution in [0.25, 0.3) is 5.53 Å². The van der Waals surface area contributed by atoms with Gasteiger partial charge in [-0.05, 0) is 12.8 Å². The minimum Gasteiger partial charge on any atom is -0.364 e. The van der Waals surface area contributed by atoms with Gasteiger partial charge in [0, 0.05) is 13.5 Å². The van der Waals surface area contributed by atoms with Crippen LogP contribution in [0.3, 0.4) is 0 Å². The Balaban J connectivity index is 2.85. The molecular formula is C12H15N3O4. The molecule has 7 heteroatoms. The van der Waals surface area contributed by atoms with E-state index in [1.54, 1.807) is 0 Å². The second kappa shape index (κ2) is 6.72. The number of carbonyl (C=O) groups excluding carboxylic acids is 3. The molecule has 0 spiro atoms. The highest BCUT2D eigenvalue weighted by Crippen LogP contribution is 2.15. The van der Waals surface area contributed by atoms with E-state index in [4.69, 9.17) is 10.3 Å². The Bertz CT molecular complexity index is 466. The summed E-state index contributed by atoms with van der Waals surface area (Å²) in [6, 6.07) is 0. The summed E-state index contributed by atoms with van der Waals surface area (Å²) in [4.78, 5) is 38.6. The van der Waals surface area contributed by atoms with Crippen molar-refractivity contribution in [1.82, 2.24) is 4.90 Å². The summed E-state index contributed by atoms with van der Waals surface area (Å²) in [5.41, 5.74) is 8.00. The van der Waals surface area contributed by atoms with E-state index in [0.717, 1.165) is 11.8 Å². The molecule has 0 aromatic rings. The maximum absolute atomic E-state index is 12.0.